The lowest BCUT2D eigenvalue weighted by molar-refractivity contribution is 0.0494. The molecule has 0 unspecified atom stereocenters. The minimum atomic E-state index is -0.402. The molecular weight excluding hydrogens is 370 g/mol. The van der Waals surface area contributed by atoms with Crippen LogP contribution < -0.4 is 14.2 Å². The highest BCUT2D eigenvalue weighted by Crippen LogP contribution is 2.38. The SMILES string of the molecule is CCN(CCCCOC(=O)c1cc(OC)c(OC)c(OC)c1)Cc1ccccc1. The molecule has 0 radical (unpaired) electrons. The van der Waals surface area contributed by atoms with E-state index >= 15 is 0 Å². The van der Waals surface area contributed by atoms with Crippen molar-refractivity contribution < 1.29 is 23.7 Å². The maximum absolute atomic E-state index is 12.4. The predicted octanol–water partition coefficient (Wildman–Crippen LogP) is 4.17. The second-order valence-corrected chi connectivity index (χ2v) is 6.61. The summed E-state index contributed by atoms with van der Waals surface area (Å²) in [6, 6.07) is 13.6. The Bertz CT molecular complexity index is 738. The zero-order valence-corrected chi connectivity index (χ0v) is 17.8. The number of hydrogen-bond donors (Lipinski definition) is 0. The van der Waals surface area contributed by atoms with E-state index in [1.807, 2.05) is 6.07 Å². The topological polar surface area (TPSA) is 57.2 Å². The van der Waals surface area contributed by atoms with Crippen molar-refractivity contribution in [2.45, 2.75) is 26.3 Å². The predicted molar refractivity (Wildman–Crippen MR) is 113 cm³/mol. The number of unbranched alkanes of at least 4 members (excludes halogenated alkanes) is 1. The van der Waals surface area contributed by atoms with E-state index in [2.05, 4.69) is 36.1 Å². The summed E-state index contributed by atoms with van der Waals surface area (Å²) in [6.45, 7) is 5.42. The lowest BCUT2D eigenvalue weighted by atomic mass is 10.2. The largest absolute Gasteiger partial charge is 0.493 e. The van der Waals surface area contributed by atoms with Gasteiger partial charge in [-0.15, -0.1) is 0 Å². The molecule has 0 aliphatic heterocycles. The van der Waals surface area contributed by atoms with Crippen LogP contribution in [0.1, 0.15) is 35.7 Å². The fraction of sp³-hybridized carbons (Fsp3) is 0.435. The first-order valence-electron chi connectivity index (χ1n) is 9.86. The maximum Gasteiger partial charge on any atom is 0.338 e. The number of rotatable bonds is 12. The molecule has 2 aromatic rings. The van der Waals surface area contributed by atoms with Gasteiger partial charge in [0, 0.05) is 6.54 Å². The van der Waals surface area contributed by atoms with Gasteiger partial charge in [-0.1, -0.05) is 37.3 Å². The van der Waals surface area contributed by atoms with Crippen LogP contribution in [0.15, 0.2) is 42.5 Å². The summed E-state index contributed by atoms with van der Waals surface area (Å²) >= 11 is 0. The molecule has 6 heteroatoms. The van der Waals surface area contributed by atoms with E-state index in [0.717, 1.165) is 32.5 Å². The van der Waals surface area contributed by atoms with Crippen molar-refractivity contribution in [3.8, 4) is 17.2 Å². The molecule has 0 aliphatic rings. The highest BCUT2D eigenvalue weighted by atomic mass is 16.5. The van der Waals surface area contributed by atoms with E-state index in [1.54, 1.807) is 12.1 Å². The Balaban J connectivity index is 1.80. The van der Waals surface area contributed by atoms with Crippen LogP contribution in [0.4, 0.5) is 0 Å². The second-order valence-electron chi connectivity index (χ2n) is 6.61. The standard InChI is InChI=1S/C23H31NO5/c1-5-24(17-18-11-7-6-8-12-18)13-9-10-14-29-23(25)19-15-20(26-2)22(28-4)21(16-19)27-3/h6-8,11-12,15-16H,5,9-10,13-14,17H2,1-4H3. The molecule has 0 spiro atoms. The fourth-order valence-corrected chi connectivity index (χ4v) is 3.08. The molecule has 0 aliphatic carbocycles. The van der Waals surface area contributed by atoms with Crippen LogP contribution in [0.5, 0.6) is 17.2 Å². The third kappa shape index (κ3) is 6.68. The van der Waals surface area contributed by atoms with Crippen LogP contribution in [0.25, 0.3) is 0 Å². The van der Waals surface area contributed by atoms with Crippen molar-refractivity contribution >= 4 is 5.97 Å². The van der Waals surface area contributed by atoms with Crippen molar-refractivity contribution in [3.05, 3.63) is 53.6 Å². The average Bonchev–Trinajstić information content (AvgIpc) is 2.77. The Kier molecular flexibility index (Phi) is 9.31. The van der Waals surface area contributed by atoms with Crippen molar-refractivity contribution in [2.24, 2.45) is 0 Å². The van der Waals surface area contributed by atoms with Crippen LogP contribution in [0.2, 0.25) is 0 Å². The van der Waals surface area contributed by atoms with E-state index in [1.165, 1.54) is 26.9 Å². The molecule has 0 heterocycles. The zero-order chi connectivity index (χ0) is 21.1. The number of carbonyl (C=O) groups is 1. The minimum Gasteiger partial charge on any atom is -0.493 e. The molecule has 29 heavy (non-hydrogen) atoms. The van der Waals surface area contributed by atoms with Crippen LogP contribution in [0.3, 0.4) is 0 Å². The summed E-state index contributed by atoms with van der Waals surface area (Å²) in [5.41, 5.74) is 1.68. The van der Waals surface area contributed by atoms with E-state index in [-0.39, 0.29) is 0 Å². The molecule has 0 fully saturated rings. The maximum atomic E-state index is 12.4. The van der Waals surface area contributed by atoms with Gasteiger partial charge in [-0.25, -0.2) is 4.79 Å². The van der Waals surface area contributed by atoms with Crippen molar-refractivity contribution in [3.63, 3.8) is 0 Å². The molecule has 0 bridgehead atoms. The molecule has 2 rings (SSSR count). The van der Waals surface area contributed by atoms with Gasteiger partial charge in [0.05, 0.1) is 33.5 Å². The molecule has 2 aromatic carbocycles. The zero-order valence-electron chi connectivity index (χ0n) is 17.8. The molecule has 158 valence electrons. The van der Waals surface area contributed by atoms with Gasteiger partial charge >= 0.3 is 5.97 Å². The van der Waals surface area contributed by atoms with E-state index in [9.17, 15) is 4.79 Å². The van der Waals surface area contributed by atoms with Crippen molar-refractivity contribution in [1.29, 1.82) is 0 Å². The van der Waals surface area contributed by atoms with Gasteiger partial charge < -0.3 is 18.9 Å². The first-order valence-corrected chi connectivity index (χ1v) is 9.86. The minimum absolute atomic E-state index is 0.373. The van der Waals surface area contributed by atoms with Crippen LogP contribution >= 0.6 is 0 Å². The lowest BCUT2D eigenvalue weighted by Crippen LogP contribution is -2.24. The van der Waals surface area contributed by atoms with Gasteiger partial charge in [0.1, 0.15) is 0 Å². The summed E-state index contributed by atoms with van der Waals surface area (Å²) < 4.78 is 21.3. The summed E-state index contributed by atoms with van der Waals surface area (Å²) in [5, 5.41) is 0. The number of nitrogens with zero attached hydrogens (tertiary/aromatic N) is 1. The molecule has 0 saturated carbocycles. The molecular formula is C23H31NO5. The third-order valence-electron chi connectivity index (χ3n) is 4.70. The fourth-order valence-electron chi connectivity index (χ4n) is 3.08. The molecule has 0 N–H and O–H groups in total. The average molecular weight is 402 g/mol. The van der Waals surface area contributed by atoms with Crippen LogP contribution in [-0.2, 0) is 11.3 Å². The smallest absolute Gasteiger partial charge is 0.338 e. The van der Waals surface area contributed by atoms with E-state index < -0.39 is 5.97 Å². The molecule has 0 atom stereocenters. The van der Waals surface area contributed by atoms with Crippen molar-refractivity contribution in [1.82, 2.24) is 4.90 Å². The third-order valence-corrected chi connectivity index (χ3v) is 4.70. The van der Waals surface area contributed by atoms with Gasteiger partial charge in [-0.05, 0) is 43.6 Å². The quantitative estimate of drug-likeness (QED) is 0.393. The first-order chi connectivity index (χ1) is 14.1. The Morgan fingerprint density at radius 2 is 1.59 bits per heavy atom. The monoisotopic (exact) mass is 401 g/mol. The number of benzene rings is 2. The van der Waals surface area contributed by atoms with E-state index in [0.29, 0.717) is 29.4 Å². The summed E-state index contributed by atoms with van der Waals surface area (Å²) in [5.74, 6) is 0.905. The number of esters is 1. The summed E-state index contributed by atoms with van der Waals surface area (Å²) in [6.07, 6.45) is 1.77. The number of carbonyl (C=O) groups excluding carboxylic acids is 1. The molecule has 0 saturated heterocycles. The highest BCUT2D eigenvalue weighted by Gasteiger charge is 2.17. The summed E-state index contributed by atoms with van der Waals surface area (Å²) in [4.78, 5) is 14.8. The Labute approximate surface area is 173 Å². The van der Waals surface area contributed by atoms with Crippen LogP contribution in [-0.4, -0.2) is 51.9 Å². The van der Waals surface area contributed by atoms with Gasteiger partial charge in [0.2, 0.25) is 5.75 Å². The Morgan fingerprint density at radius 3 is 2.14 bits per heavy atom. The number of methoxy groups -OCH3 is 3. The number of ether oxygens (including phenoxy) is 4. The van der Waals surface area contributed by atoms with Gasteiger partial charge in [-0.2, -0.15) is 0 Å². The highest BCUT2D eigenvalue weighted by molar-refractivity contribution is 5.91. The second kappa shape index (κ2) is 12.0. The molecule has 6 nitrogen and oxygen atoms in total. The summed E-state index contributed by atoms with van der Waals surface area (Å²) in [7, 11) is 4.55. The van der Waals surface area contributed by atoms with Crippen molar-refractivity contribution in [2.75, 3.05) is 41.0 Å². The van der Waals surface area contributed by atoms with E-state index in [4.69, 9.17) is 18.9 Å². The van der Waals surface area contributed by atoms with Gasteiger partial charge in [0.15, 0.2) is 11.5 Å². The molecule has 0 aromatic heterocycles. The molecule has 0 amide bonds. The normalized spacial score (nSPS) is 10.7. The first kappa shape index (κ1) is 22.6. The van der Waals surface area contributed by atoms with Gasteiger partial charge in [0.25, 0.3) is 0 Å². The van der Waals surface area contributed by atoms with Gasteiger partial charge in [-0.3, -0.25) is 4.90 Å². The lowest BCUT2D eigenvalue weighted by Gasteiger charge is -2.20. The Morgan fingerprint density at radius 1 is 0.931 bits per heavy atom. The number of hydrogen-bond acceptors (Lipinski definition) is 6. The Hall–Kier alpha value is -2.73. The van der Waals surface area contributed by atoms with Crippen LogP contribution in [0, 0.1) is 0 Å².